The molecule has 0 atom stereocenters. The minimum atomic E-state index is -0.199. The van der Waals surface area contributed by atoms with Gasteiger partial charge in [0.1, 0.15) is 5.75 Å². The zero-order valence-corrected chi connectivity index (χ0v) is 23.1. The summed E-state index contributed by atoms with van der Waals surface area (Å²) in [4.78, 5) is 32.3. The third kappa shape index (κ3) is 8.90. The number of anilines is 1. The maximum absolute atomic E-state index is 13.0. The normalized spacial score (nSPS) is 13.4. The summed E-state index contributed by atoms with van der Waals surface area (Å²) < 4.78 is 16.7. The summed E-state index contributed by atoms with van der Waals surface area (Å²) in [5, 5.41) is 2.55. The number of nitrogens with two attached hydrogens (primary N) is 1. The number of guanidine groups is 1. The number of hydrogen-bond donors (Lipinski definition) is 2. The second-order valence-corrected chi connectivity index (χ2v) is 8.67. The topological polar surface area (TPSA) is 119 Å². The van der Waals surface area contributed by atoms with Crippen molar-refractivity contribution in [1.29, 1.82) is 0 Å². The van der Waals surface area contributed by atoms with Gasteiger partial charge in [0.15, 0.2) is 5.96 Å². The van der Waals surface area contributed by atoms with Crippen molar-refractivity contribution < 1.29 is 23.8 Å². The fourth-order valence-electron chi connectivity index (χ4n) is 3.94. The van der Waals surface area contributed by atoms with E-state index in [1.807, 2.05) is 42.5 Å². The van der Waals surface area contributed by atoms with Crippen LogP contribution >= 0.6 is 12.4 Å². The lowest BCUT2D eigenvalue weighted by Crippen LogP contribution is -2.47. The molecule has 0 spiro atoms. The van der Waals surface area contributed by atoms with E-state index in [4.69, 9.17) is 19.9 Å². The Morgan fingerprint density at radius 1 is 1.16 bits per heavy atom. The van der Waals surface area contributed by atoms with Crippen molar-refractivity contribution in [2.24, 2.45) is 10.7 Å². The second kappa shape index (κ2) is 15.8. The Hall–Kier alpha value is -3.34. The predicted molar refractivity (Wildman–Crippen MR) is 151 cm³/mol. The molecule has 0 radical (unpaired) electrons. The van der Waals surface area contributed by atoms with E-state index in [0.717, 1.165) is 28.8 Å². The van der Waals surface area contributed by atoms with E-state index in [-0.39, 0.29) is 36.7 Å². The van der Waals surface area contributed by atoms with Gasteiger partial charge in [-0.15, -0.1) is 12.4 Å². The highest BCUT2D eigenvalue weighted by atomic mass is 35.5. The zero-order chi connectivity index (χ0) is 26.6. The van der Waals surface area contributed by atoms with Gasteiger partial charge in [-0.3, -0.25) is 20.0 Å². The number of hydrogen-bond acceptors (Lipinski definition) is 6. The molecule has 0 saturated carbocycles. The number of ether oxygens (including phenoxy) is 3. The fourth-order valence-corrected chi connectivity index (χ4v) is 3.94. The van der Waals surface area contributed by atoms with Crippen LogP contribution in [0, 0.1) is 0 Å². The molecular formula is C27H38ClN5O5. The molecule has 1 saturated heterocycles. The van der Waals surface area contributed by atoms with Crippen molar-refractivity contribution in [3.05, 3.63) is 48.0 Å². The van der Waals surface area contributed by atoms with Gasteiger partial charge in [-0.05, 0) is 35.7 Å². The minimum absolute atomic E-state index is 0. The number of benzene rings is 2. The first-order valence-corrected chi connectivity index (χ1v) is 12.4. The third-order valence-electron chi connectivity index (χ3n) is 6.06. The van der Waals surface area contributed by atoms with Gasteiger partial charge in [-0.25, -0.2) is 4.79 Å². The lowest BCUT2D eigenvalue weighted by Gasteiger charge is -2.31. The fraction of sp³-hybridized carbons (Fsp3) is 0.444. The molecule has 10 nitrogen and oxygen atoms in total. The molecule has 3 N–H and O–H groups in total. The number of rotatable bonds is 10. The molecule has 38 heavy (non-hydrogen) atoms. The van der Waals surface area contributed by atoms with Crippen LogP contribution in [-0.4, -0.2) is 83.5 Å². The molecular weight excluding hydrogens is 510 g/mol. The molecule has 0 bridgehead atoms. The minimum Gasteiger partial charge on any atom is -0.493 e. The molecule has 11 heteroatoms. The largest absolute Gasteiger partial charge is 0.493 e. The highest BCUT2D eigenvalue weighted by Crippen LogP contribution is 2.34. The van der Waals surface area contributed by atoms with E-state index in [9.17, 15) is 9.59 Å². The number of carbonyl (C=O) groups is 2. The quantitative estimate of drug-likeness (QED) is 0.268. The van der Waals surface area contributed by atoms with Gasteiger partial charge in [-0.1, -0.05) is 24.3 Å². The number of urea groups is 1. The molecule has 3 amide bonds. The van der Waals surface area contributed by atoms with E-state index in [1.165, 1.54) is 7.05 Å². The molecule has 2 aromatic rings. The summed E-state index contributed by atoms with van der Waals surface area (Å²) in [7, 11) is 4.96. The smallest absolute Gasteiger partial charge is 0.324 e. The summed E-state index contributed by atoms with van der Waals surface area (Å²) in [6, 6.07) is 13.7. The number of methoxy groups -OCH3 is 1. The van der Waals surface area contributed by atoms with Crippen LogP contribution in [-0.2, 0) is 20.7 Å². The van der Waals surface area contributed by atoms with Gasteiger partial charge in [0, 0.05) is 65.0 Å². The monoisotopic (exact) mass is 547 g/mol. The molecule has 1 aliphatic rings. The highest BCUT2D eigenvalue weighted by Gasteiger charge is 2.22. The molecule has 1 aliphatic heterocycles. The first kappa shape index (κ1) is 30.9. The van der Waals surface area contributed by atoms with Crippen molar-refractivity contribution in [3.8, 4) is 16.9 Å². The van der Waals surface area contributed by atoms with Crippen molar-refractivity contribution in [2.45, 2.75) is 19.3 Å². The standard InChI is InChI=1S/C27H37N5O5.ClH/c1-29-26(28)30-25(33)11-9-20-8-10-23(24(18-20)37-15-5-14-35-3)21-6-4-7-22(19-21)31(2)27(34)32-12-16-36-17-13-32;/h4,6-8,10,18-19H,5,9,11-17H2,1-3H3,(H3,28,29,30,33);1H. The Labute approximate surface area is 230 Å². The van der Waals surface area contributed by atoms with E-state index in [1.54, 1.807) is 24.0 Å². The maximum atomic E-state index is 13.0. The highest BCUT2D eigenvalue weighted by molar-refractivity contribution is 5.96. The van der Waals surface area contributed by atoms with E-state index in [2.05, 4.69) is 10.3 Å². The van der Waals surface area contributed by atoms with Crippen LogP contribution < -0.4 is 20.7 Å². The number of amides is 3. The van der Waals surface area contributed by atoms with E-state index >= 15 is 0 Å². The van der Waals surface area contributed by atoms with Gasteiger partial charge in [-0.2, -0.15) is 0 Å². The lowest BCUT2D eigenvalue weighted by atomic mass is 10.00. The molecule has 0 unspecified atom stereocenters. The lowest BCUT2D eigenvalue weighted by molar-refractivity contribution is -0.119. The summed E-state index contributed by atoms with van der Waals surface area (Å²) in [6.07, 6.45) is 1.53. The Bertz CT molecular complexity index is 1090. The average Bonchev–Trinajstić information content (AvgIpc) is 2.94. The van der Waals surface area contributed by atoms with Gasteiger partial charge in [0.05, 0.1) is 19.8 Å². The van der Waals surface area contributed by atoms with Crippen LogP contribution in [0.3, 0.4) is 0 Å². The van der Waals surface area contributed by atoms with E-state index < -0.39 is 0 Å². The van der Waals surface area contributed by atoms with Crippen molar-refractivity contribution in [2.75, 3.05) is 65.6 Å². The molecule has 208 valence electrons. The van der Waals surface area contributed by atoms with Crippen molar-refractivity contribution in [3.63, 3.8) is 0 Å². The number of carbonyl (C=O) groups excluding carboxylic acids is 2. The molecule has 1 fully saturated rings. The van der Waals surface area contributed by atoms with Gasteiger partial charge >= 0.3 is 6.03 Å². The van der Waals surface area contributed by atoms with Crippen LogP contribution in [0.1, 0.15) is 18.4 Å². The van der Waals surface area contributed by atoms with Crippen LogP contribution in [0.5, 0.6) is 5.75 Å². The Morgan fingerprint density at radius 2 is 1.92 bits per heavy atom. The summed E-state index contributed by atoms with van der Waals surface area (Å²) >= 11 is 0. The number of nitrogens with one attached hydrogen (secondary N) is 1. The Kier molecular flexibility index (Phi) is 12.8. The maximum Gasteiger partial charge on any atom is 0.324 e. The number of morpholine rings is 1. The third-order valence-corrected chi connectivity index (χ3v) is 6.06. The van der Waals surface area contributed by atoms with E-state index in [0.29, 0.717) is 51.7 Å². The van der Waals surface area contributed by atoms with Gasteiger partial charge < -0.3 is 24.8 Å². The summed E-state index contributed by atoms with van der Waals surface area (Å²) in [5.41, 5.74) is 9.16. The number of nitrogens with zero attached hydrogens (tertiary/aromatic N) is 3. The van der Waals surface area contributed by atoms with Crippen LogP contribution in [0.2, 0.25) is 0 Å². The zero-order valence-electron chi connectivity index (χ0n) is 22.3. The van der Waals surface area contributed by atoms with Crippen molar-refractivity contribution in [1.82, 2.24) is 10.2 Å². The number of aliphatic imine (C=N–C) groups is 1. The summed E-state index contributed by atoms with van der Waals surface area (Å²) in [5.74, 6) is 0.609. The average molecular weight is 548 g/mol. The van der Waals surface area contributed by atoms with Gasteiger partial charge in [0.2, 0.25) is 5.91 Å². The number of halogens is 1. The second-order valence-electron chi connectivity index (χ2n) is 8.67. The number of aryl methyl sites for hydroxylation is 1. The predicted octanol–water partition coefficient (Wildman–Crippen LogP) is 3.07. The molecule has 0 aliphatic carbocycles. The first-order chi connectivity index (χ1) is 17.9. The van der Waals surface area contributed by atoms with Crippen molar-refractivity contribution >= 4 is 36.0 Å². The first-order valence-electron chi connectivity index (χ1n) is 12.4. The van der Waals surface area contributed by atoms with Crippen LogP contribution in [0.4, 0.5) is 10.5 Å². The Morgan fingerprint density at radius 3 is 2.63 bits per heavy atom. The molecule has 0 aromatic heterocycles. The molecule has 3 rings (SSSR count). The van der Waals surface area contributed by atoms with Gasteiger partial charge in [0.25, 0.3) is 0 Å². The summed E-state index contributed by atoms with van der Waals surface area (Å²) in [6.45, 7) is 3.36. The van der Waals surface area contributed by atoms with Crippen LogP contribution in [0.25, 0.3) is 11.1 Å². The Balaban J connectivity index is 0.00000507. The molecule has 1 heterocycles. The SMILES string of the molecule is CN=C(N)NC(=O)CCc1ccc(-c2cccc(N(C)C(=O)N3CCOCC3)c2)c(OCCCOC)c1.Cl. The van der Waals surface area contributed by atoms with Crippen LogP contribution in [0.15, 0.2) is 47.5 Å². The molecule has 2 aromatic carbocycles.